The van der Waals surface area contributed by atoms with E-state index in [0.717, 1.165) is 16.6 Å². The van der Waals surface area contributed by atoms with Gasteiger partial charge in [0.05, 0.1) is 12.1 Å². The highest BCUT2D eigenvalue weighted by atomic mass is 79.9. The van der Waals surface area contributed by atoms with E-state index < -0.39 is 0 Å². The molecular weight excluding hydrogens is 330 g/mol. The summed E-state index contributed by atoms with van der Waals surface area (Å²) in [6.45, 7) is 3.03. The standard InChI is InChI=1S/C17H18BrNO2/c1-2-13-7-9-14(10-8-13)21-12-11-19-17(20)15-5-3-4-6-16(15)18/h3-10H,2,11-12H2,1H3,(H,19,20). The third kappa shape index (κ3) is 4.60. The Balaban J connectivity index is 1.76. The summed E-state index contributed by atoms with van der Waals surface area (Å²) in [7, 11) is 0. The molecule has 0 saturated carbocycles. The highest BCUT2D eigenvalue weighted by molar-refractivity contribution is 9.10. The van der Waals surface area contributed by atoms with E-state index in [1.165, 1.54) is 5.56 Å². The summed E-state index contributed by atoms with van der Waals surface area (Å²) in [6.07, 6.45) is 1.02. The zero-order valence-electron chi connectivity index (χ0n) is 11.9. The number of benzene rings is 2. The van der Waals surface area contributed by atoms with E-state index in [0.29, 0.717) is 18.7 Å². The second kappa shape index (κ2) is 7.84. The van der Waals surface area contributed by atoms with Crippen molar-refractivity contribution in [1.82, 2.24) is 5.32 Å². The van der Waals surface area contributed by atoms with Gasteiger partial charge in [-0.05, 0) is 52.2 Å². The molecule has 2 aromatic carbocycles. The molecule has 0 unspecified atom stereocenters. The van der Waals surface area contributed by atoms with Gasteiger partial charge in [-0.1, -0.05) is 31.2 Å². The topological polar surface area (TPSA) is 38.3 Å². The molecule has 2 rings (SSSR count). The molecule has 1 N–H and O–H groups in total. The molecular formula is C17H18BrNO2. The Kier molecular flexibility index (Phi) is 5.81. The second-order valence-electron chi connectivity index (χ2n) is 4.58. The lowest BCUT2D eigenvalue weighted by Crippen LogP contribution is -2.28. The third-order valence-electron chi connectivity index (χ3n) is 3.11. The van der Waals surface area contributed by atoms with Crippen LogP contribution in [0.15, 0.2) is 53.0 Å². The molecule has 2 aromatic rings. The number of halogens is 1. The van der Waals surface area contributed by atoms with Crippen LogP contribution in [0.25, 0.3) is 0 Å². The van der Waals surface area contributed by atoms with Gasteiger partial charge < -0.3 is 10.1 Å². The molecule has 0 radical (unpaired) electrons. The van der Waals surface area contributed by atoms with Crippen molar-refractivity contribution < 1.29 is 9.53 Å². The van der Waals surface area contributed by atoms with Crippen molar-refractivity contribution >= 4 is 21.8 Å². The van der Waals surface area contributed by atoms with Crippen LogP contribution in [0.2, 0.25) is 0 Å². The van der Waals surface area contributed by atoms with Gasteiger partial charge in [-0.3, -0.25) is 4.79 Å². The Morgan fingerprint density at radius 1 is 1.14 bits per heavy atom. The number of ether oxygens (including phenoxy) is 1. The maximum atomic E-state index is 12.0. The van der Waals surface area contributed by atoms with Gasteiger partial charge in [-0.15, -0.1) is 0 Å². The molecule has 0 aliphatic carbocycles. The average Bonchev–Trinajstić information content (AvgIpc) is 2.52. The van der Waals surface area contributed by atoms with Crippen molar-refractivity contribution in [2.24, 2.45) is 0 Å². The van der Waals surface area contributed by atoms with E-state index in [1.807, 2.05) is 30.3 Å². The molecule has 0 aromatic heterocycles. The molecule has 0 aliphatic heterocycles. The van der Waals surface area contributed by atoms with Crippen LogP contribution >= 0.6 is 15.9 Å². The minimum absolute atomic E-state index is 0.104. The number of rotatable bonds is 6. The molecule has 0 spiro atoms. The number of carbonyl (C=O) groups excluding carboxylic acids is 1. The van der Waals surface area contributed by atoms with Gasteiger partial charge in [0, 0.05) is 4.47 Å². The summed E-state index contributed by atoms with van der Waals surface area (Å²) < 4.78 is 6.39. The van der Waals surface area contributed by atoms with Gasteiger partial charge in [0.25, 0.3) is 5.91 Å². The predicted octanol–water partition coefficient (Wildman–Crippen LogP) is 3.82. The van der Waals surface area contributed by atoms with Crippen LogP contribution < -0.4 is 10.1 Å². The molecule has 21 heavy (non-hydrogen) atoms. The summed E-state index contributed by atoms with van der Waals surface area (Å²) in [5, 5.41) is 2.84. The third-order valence-corrected chi connectivity index (χ3v) is 3.80. The van der Waals surface area contributed by atoms with Crippen LogP contribution in [0.4, 0.5) is 0 Å². The zero-order valence-corrected chi connectivity index (χ0v) is 13.5. The van der Waals surface area contributed by atoms with Gasteiger partial charge in [-0.25, -0.2) is 0 Å². The lowest BCUT2D eigenvalue weighted by atomic mass is 10.2. The van der Waals surface area contributed by atoms with Crippen molar-refractivity contribution in [1.29, 1.82) is 0 Å². The van der Waals surface area contributed by atoms with Crippen LogP contribution in [0.5, 0.6) is 5.75 Å². The van der Waals surface area contributed by atoms with Gasteiger partial charge in [0.15, 0.2) is 0 Å². The molecule has 1 amide bonds. The highest BCUT2D eigenvalue weighted by Crippen LogP contribution is 2.15. The fourth-order valence-electron chi connectivity index (χ4n) is 1.90. The second-order valence-corrected chi connectivity index (χ2v) is 5.44. The first kappa shape index (κ1) is 15.6. The van der Waals surface area contributed by atoms with Gasteiger partial charge in [0.2, 0.25) is 0 Å². The maximum absolute atomic E-state index is 12.0. The molecule has 110 valence electrons. The Morgan fingerprint density at radius 2 is 1.86 bits per heavy atom. The van der Waals surface area contributed by atoms with E-state index >= 15 is 0 Å². The number of aryl methyl sites for hydroxylation is 1. The van der Waals surface area contributed by atoms with E-state index in [2.05, 4.69) is 40.3 Å². The minimum atomic E-state index is -0.104. The first-order valence-corrected chi connectivity index (χ1v) is 7.74. The molecule has 0 fully saturated rings. The summed E-state index contributed by atoms with van der Waals surface area (Å²) in [5.41, 5.74) is 1.91. The molecule has 0 atom stereocenters. The van der Waals surface area contributed by atoms with E-state index in [9.17, 15) is 4.79 Å². The number of nitrogens with one attached hydrogen (secondary N) is 1. The minimum Gasteiger partial charge on any atom is -0.492 e. The normalized spacial score (nSPS) is 10.2. The summed E-state index contributed by atoms with van der Waals surface area (Å²) in [5.74, 6) is 0.717. The predicted molar refractivity (Wildman–Crippen MR) is 87.8 cm³/mol. The Labute approximate surface area is 133 Å². The molecule has 0 bridgehead atoms. The van der Waals surface area contributed by atoms with Crippen molar-refractivity contribution in [3.05, 3.63) is 64.1 Å². The Hall–Kier alpha value is -1.81. The van der Waals surface area contributed by atoms with Crippen molar-refractivity contribution in [2.45, 2.75) is 13.3 Å². The average molecular weight is 348 g/mol. The Bertz CT molecular complexity index is 596. The van der Waals surface area contributed by atoms with Crippen molar-refractivity contribution in [2.75, 3.05) is 13.2 Å². The van der Waals surface area contributed by atoms with Crippen LogP contribution in [0.3, 0.4) is 0 Å². The zero-order chi connectivity index (χ0) is 15.1. The number of hydrogen-bond acceptors (Lipinski definition) is 2. The van der Waals surface area contributed by atoms with Gasteiger partial charge in [0.1, 0.15) is 12.4 Å². The molecule has 4 heteroatoms. The summed E-state index contributed by atoms with van der Waals surface area (Å²) in [6, 6.07) is 15.4. The van der Waals surface area contributed by atoms with Crippen LogP contribution in [0.1, 0.15) is 22.8 Å². The monoisotopic (exact) mass is 347 g/mol. The first-order chi connectivity index (χ1) is 10.2. The first-order valence-electron chi connectivity index (χ1n) is 6.95. The lowest BCUT2D eigenvalue weighted by molar-refractivity contribution is 0.0946. The number of hydrogen-bond donors (Lipinski definition) is 1. The van der Waals surface area contributed by atoms with Crippen molar-refractivity contribution in [3.63, 3.8) is 0 Å². The maximum Gasteiger partial charge on any atom is 0.252 e. The van der Waals surface area contributed by atoms with E-state index in [1.54, 1.807) is 6.07 Å². The van der Waals surface area contributed by atoms with Crippen molar-refractivity contribution in [3.8, 4) is 5.75 Å². The molecule has 0 aliphatic rings. The summed E-state index contributed by atoms with van der Waals surface area (Å²) >= 11 is 3.36. The smallest absolute Gasteiger partial charge is 0.252 e. The number of amides is 1. The van der Waals surface area contributed by atoms with E-state index in [-0.39, 0.29) is 5.91 Å². The highest BCUT2D eigenvalue weighted by Gasteiger charge is 2.07. The SMILES string of the molecule is CCc1ccc(OCCNC(=O)c2ccccc2Br)cc1. The van der Waals surface area contributed by atoms with Crippen LogP contribution in [0, 0.1) is 0 Å². The van der Waals surface area contributed by atoms with Gasteiger partial charge in [-0.2, -0.15) is 0 Å². The fraction of sp³-hybridized carbons (Fsp3) is 0.235. The van der Waals surface area contributed by atoms with Gasteiger partial charge >= 0.3 is 0 Å². The Morgan fingerprint density at radius 3 is 2.52 bits per heavy atom. The number of carbonyl (C=O) groups is 1. The fourth-order valence-corrected chi connectivity index (χ4v) is 2.36. The lowest BCUT2D eigenvalue weighted by Gasteiger charge is -2.09. The quantitative estimate of drug-likeness (QED) is 0.806. The van der Waals surface area contributed by atoms with Crippen LogP contribution in [-0.4, -0.2) is 19.1 Å². The molecule has 0 heterocycles. The molecule has 0 saturated heterocycles. The van der Waals surface area contributed by atoms with Crippen LogP contribution in [-0.2, 0) is 6.42 Å². The summed E-state index contributed by atoms with van der Waals surface area (Å²) in [4.78, 5) is 12.0. The van der Waals surface area contributed by atoms with E-state index in [4.69, 9.17) is 4.74 Å². The molecule has 3 nitrogen and oxygen atoms in total. The largest absolute Gasteiger partial charge is 0.492 e.